The fourth-order valence-electron chi connectivity index (χ4n) is 1.80. The quantitative estimate of drug-likeness (QED) is 0.579. The number of fused-ring (bicyclic) bond motifs is 3. The zero-order valence-corrected chi connectivity index (χ0v) is 8.16. The van der Waals surface area contributed by atoms with Crippen LogP contribution in [0.25, 0.3) is 21.8 Å². The molecule has 0 spiro atoms. The zero-order valence-electron chi connectivity index (χ0n) is 8.16. The number of hydrogen-bond acceptors (Lipinski definition) is 2. The third-order valence-corrected chi connectivity index (χ3v) is 2.57. The molecule has 0 radical (unpaired) electrons. The summed E-state index contributed by atoms with van der Waals surface area (Å²) in [5.74, 6) is 0. The molecule has 15 heavy (non-hydrogen) atoms. The Kier molecular flexibility index (Phi) is 1.48. The van der Waals surface area contributed by atoms with Crippen molar-refractivity contribution in [3.63, 3.8) is 0 Å². The van der Waals surface area contributed by atoms with Crippen LogP contribution in [-0.2, 0) is 0 Å². The van der Waals surface area contributed by atoms with Gasteiger partial charge >= 0.3 is 0 Å². The summed E-state index contributed by atoms with van der Waals surface area (Å²) < 4.78 is 0. The lowest BCUT2D eigenvalue weighted by Gasteiger charge is -1.99. The van der Waals surface area contributed by atoms with Gasteiger partial charge in [0, 0.05) is 11.6 Å². The van der Waals surface area contributed by atoms with E-state index < -0.39 is 0 Å². The van der Waals surface area contributed by atoms with Gasteiger partial charge in [-0.3, -0.25) is 20.0 Å². The summed E-state index contributed by atoms with van der Waals surface area (Å²) in [6.07, 6.45) is 1.60. The lowest BCUT2D eigenvalue weighted by atomic mass is 10.1. The molecule has 0 atom stereocenters. The number of rotatable bonds is 0. The van der Waals surface area contributed by atoms with Crippen molar-refractivity contribution in [2.75, 3.05) is 0 Å². The molecule has 0 saturated carbocycles. The van der Waals surface area contributed by atoms with Gasteiger partial charge in [-0.05, 0) is 19.1 Å². The Morgan fingerprint density at radius 1 is 1.20 bits per heavy atom. The van der Waals surface area contributed by atoms with Crippen LogP contribution in [0.15, 0.2) is 29.2 Å². The predicted molar refractivity (Wildman–Crippen MR) is 59.0 cm³/mol. The summed E-state index contributed by atoms with van der Waals surface area (Å²) in [5.41, 5.74) is 2.75. The molecule has 0 unspecified atom stereocenters. The highest BCUT2D eigenvalue weighted by Gasteiger charge is 2.05. The van der Waals surface area contributed by atoms with Crippen LogP contribution < -0.4 is 5.56 Å². The SMILES string of the molecule is Cc1ccc2ncc3c(=O)[nH][nH]c3c2c1. The van der Waals surface area contributed by atoms with E-state index in [0.717, 1.165) is 22.0 Å². The average molecular weight is 199 g/mol. The average Bonchev–Trinajstić information content (AvgIpc) is 2.61. The first kappa shape index (κ1) is 8.23. The Bertz CT molecular complexity index is 708. The summed E-state index contributed by atoms with van der Waals surface area (Å²) in [6.45, 7) is 2.02. The molecule has 4 nitrogen and oxygen atoms in total. The number of benzene rings is 1. The summed E-state index contributed by atoms with van der Waals surface area (Å²) in [4.78, 5) is 15.6. The highest BCUT2D eigenvalue weighted by atomic mass is 16.1. The van der Waals surface area contributed by atoms with Crippen molar-refractivity contribution >= 4 is 21.8 Å². The molecule has 0 amide bonds. The minimum absolute atomic E-state index is 0.124. The molecular weight excluding hydrogens is 190 g/mol. The molecular formula is C11H9N3O. The fourth-order valence-corrected chi connectivity index (χ4v) is 1.80. The predicted octanol–water partition coefficient (Wildman–Crippen LogP) is 1.71. The second-order valence-electron chi connectivity index (χ2n) is 3.65. The Morgan fingerprint density at radius 3 is 2.93 bits per heavy atom. The largest absolute Gasteiger partial charge is 0.297 e. The van der Waals surface area contributed by atoms with Gasteiger partial charge in [-0.2, -0.15) is 0 Å². The number of nitrogens with one attached hydrogen (secondary N) is 2. The molecule has 3 aromatic rings. The van der Waals surface area contributed by atoms with Gasteiger partial charge in [0.25, 0.3) is 5.56 Å². The molecule has 0 aliphatic rings. The van der Waals surface area contributed by atoms with Crippen molar-refractivity contribution in [1.29, 1.82) is 0 Å². The number of hydrogen-bond donors (Lipinski definition) is 2. The smallest absolute Gasteiger partial charge is 0.273 e. The van der Waals surface area contributed by atoms with Crippen molar-refractivity contribution in [3.05, 3.63) is 40.3 Å². The standard InChI is InChI=1S/C11H9N3O/c1-6-2-3-9-7(4-6)10-8(5-12-9)11(15)14-13-10/h2-5H,1H3,(H2,13,14,15). The van der Waals surface area contributed by atoms with Crippen LogP contribution in [0.2, 0.25) is 0 Å². The molecule has 0 aliphatic heterocycles. The van der Waals surface area contributed by atoms with E-state index in [1.165, 1.54) is 0 Å². The van der Waals surface area contributed by atoms with Crippen LogP contribution in [0.5, 0.6) is 0 Å². The van der Waals surface area contributed by atoms with Gasteiger partial charge in [0.1, 0.15) is 0 Å². The molecule has 0 bridgehead atoms. The van der Waals surface area contributed by atoms with E-state index in [0.29, 0.717) is 5.39 Å². The van der Waals surface area contributed by atoms with Crippen molar-refractivity contribution in [2.45, 2.75) is 6.92 Å². The monoisotopic (exact) mass is 199 g/mol. The summed E-state index contributed by atoms with van der Waals surface area (Å²) >= 11 is 0. The van der Waals surface area contributed by atoms with Gasteiger partial charge in [-0.15, -0.1) is 0 Å². The van der Waals surface area contributed by atoms with Crippen molar-refractivity contribution < 1.29 is 0 Å². The lowest BCUT2D eigenvalue weighted by Crippen LogP contribution is -1.97. The molecule has 0 saturated heterocycles. The Hall–Kier alpha value is -2.10. The van der Waals surface area contributed by atoms with Crippen LogP contribution in [-0.4, -0.2) is 15.2 Å². The van der Waals surface area contributed by atoms with Gasteiger partial charge in [0.15, 0.2) is 0 Å². The zero-order chi connectivity index (χ0) is 10.4. The highest BCUT2D eigenvalue weighted by Crippen LogP contribution is 2.20. The van der Waals surface area contributed by atoms with Crippen molar-refractivity contribution in [2.24, 2.45) is 0 Å². The van der Waals surface area contributed by atoms with Crippen LogP contribution in [0, 0.1) is 6.92 Å². The molecule has 2 heterocycles. The van der Waals surface area contributed by atoms with E-state index in [9.17, 15) is 4.79 Å². The van der Waals surface area contributed by atoms with E-state index in [2.05, 4.69) is 15.2 Å². The number of pyridine rings is 1. The summed E-state index contributed by atoms with van der Waals surface area (Å²) in [6, 6.07) is 5.98. The lowest BCUT2D eigenvalue weighted by molar-refractivity contribution is 1.08. The molecule has 2 N–H and O–H groups in total. The maximum atomic E-state index is 11.4. The minimum atomic E-state index is -0.124. The molecule has 0 fully saturated rings. The molecule has 4 heteroatoms. The third kappa shape index (κ3) is 1.08. The third-order valence-electron chi connectivity index (χ3n) is 2.57. The van der Waals surface area contributed by atoms with E-state index in [1.807, 2.05) is 25.1 Å². The minimum Gasteiger partial charge on any atom is -0.297 e. The van der Waals surface area contributed by atoms with E-state index >= 15 is 0 Å². The molecule has 3 rings (SSSR count). The molecule has 74 valence electrons. The van der Waals surface area contributed by atoms with Gasteiger partial charge in [0.2, 0.25) is 0 Å². The Balaban J connectivity index is 2.63. The Labute approximate surface area is 84.9 Å². The second-order valence-corrected chi connectivity index (χ2v) is 3.65. The van der Waals surface area contributed by atoms with Crippen LogP contribution in [0.1, 0.15) is 5.56 Å². The number of aromatic nitrogens is 3. The Morgan fingerprint density at radius 2 is 2.07 bits per heavy atom. The van der Waals surface area contributed by atoms with Crippen LogP contribution in [0.3, 0.4) is 0 Å². The number of nitrogens with zero attached hydrogens (tertiary/aromatic N) is 1. The molecule has 1 aromatic carbocycles. The van der Waals surface area contributed by atoms with Gasteiger partial charge in [0.05, 0.1) is 16.4 Å². The van der Waals surface area contributed by atoms with Gasteiger partial charge in [-0.1, -0.05) is 11.6 Å². The first-order chi connectivity index (χ1) is 7.25. The highest BCUT2D eigenvalue weighted by molar-refractivity contribution is 6.02. The number of H-pyrrole nitrogens is 2. The molecule has 2 aromatic heterocycles. The molecule has 0 aliphatic carbocycles. The summed E-state index contributed by atoms with van der Waals surface area (Å²) in [5, 5.41) is 7.03. The van der Waals surface area contributed by atoms with Crippen molar-refractivity contribution in [1.82, 2.24) is 15.2 Å². The first-order valence-electron chi connectivity index (χ1n) is 4.71. The topological polar surface area (TPSA) is 61.5 Å². The summed E-state index contributed by atoms with van der Waals surface area (Å²) in [7, 11) is 0. The van der Waals surface area contributed by atoms with E-state index in [-0.39, 0.29) is 5.56 Å². The van der Waals surface area contributed by atoms with Crippen LogP contribution >= 0.6 is 0 Å². The van der Waals surface area contributed by atoms with Crippen LogP contribution in [0.4, 0.5) is 0 Å². The van der Waals surface area contributed by atoms with Gasteiger partial charge in [-0.25, -0.2) is 0 Å². The maximum absolute atomic E-state index is 11.4. The van der Waals surface area contributed by atoms with Gasteiger partial charge < -0.3 is 0 Å². The van der Waals surface area contributed by atoms with Crippen molar-refractivity contribution in [3.8, 4) is 0 Å². The second kappa shape index (κ2) is 2.70. The number of aryl methyl sites for hydroxylation is 1. The normalized spacial score (nSPS) is 11.3. The fraction of sp³-hybridized carbons (Fsp3) is 0.0909. The maximum Gasteiger partial charge on any atom is 0.273 e. The first-order valence-corrected chi connectivity index (χ1v) is 4.71. The van der Waals surface area contributed by atoms with E-state index in [1.54, 1.807) is 6.20 Å². The van der Waals surface area contributed by atoms with E-state index in [4.69, 9.17) is 0 Å². The number of aromatic amines is 2.